The summed E-state index contributed by atoms with van der Waals surface area (Å²) in [7, 11) is 0. The second kappa shape index (κ2) is 7.48. The zero-order valence-electron chi connectivity index (χ0n) is 12.9. The predicted molar refractivity (Wildman–Crippen MR) is 87.0 cm³/mol. The molecule has 1 aromatic rings. The molecule has 0 heterocycles. The van der Waals surface area contributed by atoms with Crippen LogP contribution in [0.5, 0.6) is 5.75 Å². The maximum absolute atomic E-state index is 9.98. The van der Waals surface area contributed by atoms with E-state index in [2.05, 4.69) is 19.2 Å². The normalized spacial score (nSPS) is 20.2. The first kappa shape index (κ1) is 16.6. The van der Waals surface area contributed by atoms with Gasteiger partial charge in [-0.25, -0.2) is 0 Å². The van der Waals surface area contributed by atoms with Gasteiger partial charge in [0, 0.05) is 17.6 Å². The Labute approximate surface area is 132 Å². The molecule has 3 nitrogen and oxygen atoms in total. The van der Waals surface area contributed by atoms with Gasteiger partial charge in [-0.15, -0.1) is 0 Å². The van der Waals surface area contributed by atoms with Crippen LogP contribution in [0, 0.1) is 5.41 Å². The first-order valence-electron chi connectivity index (χ1n) is 7.74. The molecule has 1 aromatic carbocycles. The number of ether oxygens (including phenoxy) is 1. The molecule has 1 atom stereocenters. The third-order valence-electron chi connectivity index (χ3n) is 4.24. The molecule has 118 valence electrons. The minimum absolute atomic E-state index is 0.298. The van der Waals surface area contributed by atoms with Crippen LogP contribution in [0.2, 0.25) is 5.02 Å². The standard InChI is InChI=1S/C17H26ClNO2/c1-17(2)9-7-14(8-10-17)19-11-15(20)12-21-16-5-3-13(18)4-6-16/h3-6,14-15,19-20H,7-12H2,1-2H3. The van der Waals surface area contributed by atoms with Crippen molar-refractivity contribution in [2.45, 2.75) is 51.7 Å². The van der Waals surface area contributed by atoms with Gasteiger partial charge in [0.2, 0.25) is 0 Å². The molecule has 0 aliphatic heterocycles. The fourth-order valence-electron chi connectivity index (χ4n) is 2.69. The van der Waals surface area contributed by atoms with E-state index in [9.17, 15) is 5.11 Å². The molecule has 0 amide bonds. The number of hydrogen-bond donors (Lipinski definition) is 2. The molecule has 1 aliphatic carbocycles. The summed E-state index contributed by atoms with van der Waals surface area (Å²) in [5.41, 5.74) is 0.481. The lowest BCUT2D eigenvalue weighted by molar-refractivity contribution is 0.0982. The summed E-state index contributed by atoms with van der Waals surface area (Å²) in [6, 6.07) is 7.72. The molecule has 0 radical (unpaired) electrons. The molecule has 0 saturated heterocycles. The maximum Gasteiger partial charge on any atom is 0.119 e. The first-order valence-corrected chi connectivity index (χ1v) is 8.12. The fourth-order valence-corrected chi connectivity index (χ4v) is 2.81. The molecule has 1 fully saturated rings. The lowest BCUT2D eigenvalue weighted by Gasteiger charge is -2.35. The van der Waals surface area contributed by atoms with Crippen LogP contribution < -0.4 is 10.1 Å². The van der Waals surface area contributed by atoms with E-state index in [0.717, 1.165) is 5.75 Å². The van der Waals surface area contributed by atoms with Crippen molar-refractivity contribution in [2.75, 3.05) is 13.2 Å². The van der Waals surface area contributed by atoms with E-state index >= 15 is 0 Å². The third-order valence-corrected chi connectivity index (χ3v) is 4.49. The van der Waals surface area contributed by atoms with Crippen LogP contribution in [0.4, 0.5) is 0 Å². The van der Waals surface area contributed by atoms with Crippen LogP contribution in [0.25, 0.3) is 0 Å². The van der Waals surface area contributed by atoms with Crippen LogP contribution in [-0.2, 0) is 0 Å². The molecule has 1 aliphatic rings. The minimum atomic E-state index is -0.490. The second-order valence-corrected chi connectivity index (χ2v) is 7.20. The highest BCUT2D eigenvalue weighted by Crippen LogP contribution is 2.34. The number of aliphatic hydroxyl groups excluding tert-OH is 1. The summed E-state index contributed by atoms with van der Waals surface area (Å²) in [6.07, 6.45) is 4.40. The summed E-state index contributed by atoms with van der Waals surface area (Å²) in [4.78, 5) is 0. The molecule has 2 rings (SSSR count). The summed E-state index contributed by atoms with van der Waals surface area (Å²) < 4.78 is 5.55. The maximum atomic E-state index is 9.98. The second-order valence-electron chi connectivity index (χ2n) is 6.77. The summed E-state index contributed by atoms with van der Waals surface area (Å²) >= 11 is 5.82. The van der Waals surface area contributed by atoms with E-state index in [4.69, 9.17) is 16.3 Å². The van der Waals surface area contributed by atoms with Crippen molar-refractivity contribution in [3.63, 3.8) is 0 Å². The van der Waals surface area contributed by atoms with Gasteiger partial charge in [0.05, 0.1) is 0 Å². The molecular weight excluding hydrogens is 286 g/mol. The molecule has 0 bridgehead atoms. The minimum Gasteiger partial charge on any atom is -0.491 e. The monoisotopic (exact) mass is 311 g/mol. The largest absolute Gasteiger partial charge is 0.491 e. The van der Waals surface area contributed by atoms with E-state index in [0.29, 0.717) is 29.6 Å². The Balaban J connectivity index is 1.63. The van der Waals surface area contributed by atoms with E-state index in [1.54, 1.807) is 12.1 Å². The lowest BCUT2D eigenvalue weighted by Crippen LogP contribution is -2.41. The van der Waals surface area contributed by atoms with Crippen molar-refractivity contribution in [2.24, 2.45) is 5.41 Å². The zero-order chi connectivity index (χ0) is 15.3. The average Bonchev–Trinajstić information content (AvgIpc) is 2.45. The van der Waals surface area contributed by atoms with E-state index in [1.165, 1.54) is 25.7 Å². The van der Waals surface area contributed by atoms with Crippen molar-refractivity contribution in [1.82, 2.24) is 5.32 Å². The average molecular weight is 312 g/mol. The van der Waals surface area contributed by atoms with Crippen molar-refractivity contribution in [3.8, 4) is 5.75 Å². The van der Waals surface area contributed by atoms with Crippen LogP contribution in [0.1, 0.15) is 39.5 Å². The lowest BCUT2D eigenvalue weighted by atomic mass is 9.75. The molecule has 2 N–H and O–H groups in total. The summed E-state index contributed by atoms with van der Waals surface area (Å²) in [5, 5.41) is 14.1. The van der Waals surface area contributed by atoms with E-state index < -0.39 is 6.10 Å². The summed E-state index contributed by atoms with van der Waals surface area (Å²) in [6.45, 7) is 5.54. The molecule has 0 spiro atoms. The van der Waals surface area contributed by atoms with Gasteiger partial charge in [-0.1, -0.05) is 25.4 Å². The fraction of sp³-hybridized carbons (Fsp3) is 0.647. The van der Waals surface area contributed by atoms with Gasteiger partial charge in [-0.3, -0.25) is 0 Å². The smallest absolute Gasteiger partial charge is 0.119 e. The summed E-state index contributed by atoms with van der Waals surface area (Å²) in [5.74, 6) is 0.734. The highest BCUT2D eigenvalue weighted by molar-refractivity contribution is 6.30. The van der Waals surface area contributed by atoms with Crippen LogP contribution >= 0.6 is 11.6 Å². The van der Waals surface area contributed by atoms with Crippen LogP contribution in [-0.4, -0.2) is 30.4 Å². The highest BCUT2D eigenvalue weighted by atomic mass is 35.5. The van der Waals surface area contributed by atoms with Crippen LogP contribution in [0.3, 0.4) is 0 Å². The van der Waals surface area contributed by atoms with Crippen molar-refractivity contribution >= 4 is 11.6 Å². The van der Waals surface area contributed by atoms with Crippen molar-refractivity contribution < 1.29 is 9.84 Å². The Morgan fingerprint density at radius 1 is 1.29 bits per heavy atom. The Kier molecular flexibility index (Phi) is 5.91. The molecule has 1 unspecified atom stereocenters. The number of rotatable bonds is 6. The van der Waals surface area contributed by atoms with Gasteiger partial charge in [0.25, 0.3) is 0 Å². The number of halogens is 1. The highest BCUT2D eigenvalue weighted by Gasteiger charge is 2.26. The van der Waals surface area contributed by atoms with Gasteiger partial charge in [0.1, 0.15) is 18.5 Å². The number of hydrogen-bond acceptors (Lipinski definition) is 3. The van der Waals surface area contributed by atoms with Gasteiger partial charge >= 0.3 is 0 Å². The topological polar surface area (TPSA) is 41.5 Å². The van der Waals surface area contributed by atoms with Gasteiger partial charge in [0.15, 0.2) is 0 Å². The van der Waals surface area contributed by atoms with Crippen LogP contribution in [0.15, 0.2) is 24.3 Å². The first-order chi connectivity index (χ1) is 9.94. The van der Waals surface area contributed by atoms with Gasteiger partial charge in [-0.2, -0.15) is 0 Å². The molecule has 1 saturated carbocycles. The van der Waals surface area contributed by atoms with E-state index in [1.807, 2.05) is 12.1 Å². The molecule has 21 heavy (non-hydrogen) atoms. The van der Waals surface area contributed by atoms with Crippen molar-refractivity contribution in [3.05, 3.63) is 29.3 Å². The number of aliphatic hydroxyl groups is 1. The Morgan fingerprint density at radius 2 is 1.90 bits per heavy atom. The quantitative estimate of drug-likeness (QED) is 0.843. The third kappa shape index (κ3) is 5.85. The Morgan fingerprint density at radius 3 is 2.52 bits per heavy atom. The molecule has 4 heteroatoms. The van der Waals surface area contributed by atoms with Gasteiger partial charge < -0.3 is 15.2 Å². The SMILES string of the molecule is CC1(C)CCC(NCC(O)COc2ccc(Cl)cc2)CC1. The van der Waals surface area contributed by atoms with E-state index in [-0.39, 0.29) is 0 Å². The molecule has 0 aromatic heterocycles. The number of benzene rings is 1. The van der Waals surface area contributed by atoms with Crippen molar-refractivity contribution in [1.29, 1.82) is 0 Å². The van der Waals surface area contributed by atoms with Gasteiger partial charge in [-0.05, 0) is 55.4 Å². The zero-order valence-corrected chi connectivity index (χ0v) is 13.7. The number of nitrogens with one attached hydrogen (secondary N) is 1. The predicted octanol–water partition coefficient (Wildman–Crippen LogP) is 3.64. The Bertz CT molecular complexity index is 423. The Hall–Kier alpha value is -0.770. The molecular formula is C17H26ClNO2.